The van der Waals surface area contributed by atoms with Crippen LogP contribution in [0.5, 0.6) is 11.5 Å². The fraction of sp³-hybridized carbons (Fsp3) is 0.111. The van der Waals surface area contributed by atoms with Crippen molar-refractivity contribution in [2.45, 2.75) is 0 Å². The zero-order valence-corrected chi connectivity index (χ0v) is 15.5. The number of halogens is 2. The highest BCUT2D eigenvalue weighted by Crippen LogP contribution is 2.29. The van der Waals surface area contributed by atoms with E-state index in [2.05, 4.69) is 5.32 Å². The van der Waals surface area contributed by atoms with E-state index >= 15 is 0 Å². The molecule has 0 aromatic heterocycles. The lowest BCUT2D eigenvalue weighted by molar-refractivity contribution is -0.113. The Labute approximate surface area is 160 Å². The Morgan fingerprint density at radius 1 is 1.19 bits per heavy atom. The van der Waals surface area contributed by atoms with Crippen LogP contribution in [0.15, 0.2) is 42.1 Å². The number of benzene rings is 2. The summed E-state index contributed by atoms with van der Waals surface area (Å²) < 4.78 is 23.9. The second-order valence-electron chi connectivity index (χ2n) is 5.34. The molecule has 2 aromatic carbocycles. The van der Waals surface area contributed by atoms with Gasteiger partial charge in [0.25, 0.3) is 5.91 Å². The molecule has 1 heterocycles. The van der Waals surface area contributed by atoms with Crippen molar-refractivity contribution < 1.29 is 18.7 Å². The van der Waals surface area contributed by atoms with Crippen LogP contribution in [0.3, 0.4) is 0 Å². The molecule has 0 bridgehead atoms. The summed E-state index contributed by atoms with van der Waals surface area (Å²) in [5.74, 6) is 0.226. The second-order valence-corrected chi connectivity index (χ2v) is 6.13. The van der Waals surface area contributed by atoms with Crippen LogP contribution in [0.1, 0.15) is 5.56 Å². The third kappa shape index (κ3) is 3.36. The van der Waals surface area contributed by atoms with Crippen molar-refractivity contribution in [1.82, 2.24) is 5.32 Å². The normalized spacial score (nSPS) is 15.4. The third-order valence-electron chi connectivity index (χ3n) is 3.78. The predicted molar refractivity (Wildman–Crippen MR) is 102 cm³/mol. The van der Waals surface area contributed by atoms with Gasteiger partial charge in [0.1, 0.15) is 23.0 Å². The average Bonchev–Trinajstić information content (AvgIpc) is 2.91. The molecule has 1 aliphatic rings. The molecule has 1 aliphatic heterocycles. The van der Waals surface area contributed by atoms with Gasteiger partial charge in [0, 0.05) is 11.6 Å². The van der Waals surface area contributed by atoms with Gasteiger partial charge in [-0.05, 0) is 48.6 Å². The summed E-state index contributed by atoms with van der Waals surface area (Å²) in [6.07, 6.45) is 1.62. The van der Waals surface area contributed by atoms with E-state index in [-0.39, 0.29) is 21.7 Å². The molecule has 0 aliphatic carbocycles. The van der Waals surface area contributed by atoms with E-state index in [1.807, 2.05) is 0 Å². The molecule has 2 aromatic rings. The molecule has 0 saturated carbocycles. The molecule has 5 nitrogen and oxygen atoms in total. The van der Waals surface area contributed by atoms with Gasteiger partial charge in [-0.2, -0.15) is 0 Å². The molecule has 26 heavy (non-hydrogen) atoms. The number of nitrogens with zero attached hydrogens (tertiary/aromatic N) is 1. The first kappa shape index (κ1) is 18.2. The summed E-state index contributed by atoms with van der Waals surface area (Å²) in [5, 5.41) is 2.95. The van der Waals surface area contributed by atoms with E-state index in [1.54, 1.807) is 31.4 Å². The van der Waals surface area contributed by atoms with Crippen LogP contribution in [-0.4, -0.2) is 25.2 Å². The maximum absolute atomic E-state index is 13.4. The third-order valence-corrected chi connectivity index (χ3v) is 4.35. The van der Waals surface area contributed by atoms with E-state index in [1.165, 1.54) is 30.2 Å². The largest absolute Gasteiger partial charge is 0.497 e. The van der Waals surface area contributed by atoms with E-state index in [0.717, 1.165) is 0 Å². The van der Waals surface area contributed by atoms with Gasteiger partial charge in [0.15, 0.2) is 5.11 Å². The van der Waals surface area contributed by atoms with Gasteiger partial charge in [-0.15, -0.1) is 0 Å². The van der Waals surface area contributed by atoms with Crippen molar-refractivity contribution >= 4 is 46.6 Å². The first-order chi connectivity index (χ1) is 12.4. The molecule has 0 unspecified atom stereocenters. The molecule has 1 saturated heterocycles. The van der Waals surface area contributed by atoms with Crippen LogP contribution in [0.4, 0.5) is 10.1 Å². The van der Waals surface area contributed by atoms with Crippen molar-refractivity contribution in [2.24, 2.45) is 0 Å². The Bertz CT molecular complexity index is 933. The number of amides is 1. The highest BCUT2D eigenvalue weighted by atomic mass is 35.5. The standard InChI is InChI=1S/C18H14ClFN2O3S/c1-24-12-5-3-10(16(9-12)25-2)7-15-17(23)22(18(26)21-15)11-4-6-14(20)13(19)8-11/h3-9H,1-2H3,(H,21,26)/b15-7-. The number of ether oxygens (including phenoxy) is 2. The van der Waals surface area contributed by atoms with Crippen LogP contribution >= 0.6 is 23.8 Å². The monoisotopic (exact) mass is 392 g/mol. The van der Waals surface area contributed by atoms with E-state index < -0.39 is 5.82 Å². The van der Waals surface area contributed by atoms with Crippen LogP contribution in [0.2, 0.25) is 5.02 Å². The zero-order chi connectivity index (χ0) is 18.8. The molecule has 0 radical (unpaired) electrons. The maximum atomic E-state index is 13.4. The number of hydrogen-bond acceptors (Lipinski definition) is 4. The Hall–Kier alpha value is -2.64. The van der Waals surface area contributed by atoms with E-state index in [9.17, 15) is 9.18 Å². The lowest BCUT2D eigenvalue weighted by atomic mass is 10.1. The van der Waals surface area contributed by atoms with Gasteiger partial charge in [0.2, 0.25) is 0 Å². The molecule has 134 valence electrons. The topological polar surface area (TPSA) is 50.8 Å². The van der Waals surface area contributed by atoms with Gasteiger partial charge >= 0.3 is 0 Å². The fourth-order valence-corrected chi connectivity index (χ4v) is 2.96. The van der Waals surface area contributed by atoms with Crippen LogP contribution < -0.4 is 19.7 Å². The van der Waals surface area contributed by atoms with Crippen molar-refractivity contribution in [3.8, 4) is 11.5 Å². The molecule has 8 heteroatoms. The summed E-state index contributed by atoms with van der Waals surface area (Å²) in [7, 11) is 3.08. The van der Waals surface area contributed by atoms with Crippen molar-refractivity contribution in [3.63, 3.8) is 0 Å². The quantitative estimate of drug-likeness (QED) is 0.634. The van der Waals surface area contributed by atoms with Gasteiger partial charge in [-0.3, -0.25) is 9.69 Å². The molecule has 0 atom stereocenters. The number of nitrogens with one attached hydrogen (secondary N) is 1. The van der Waals surface area contributed by atoms with E-state index in [4.69, 9.17) is 33.3 Å². The number of rotatable bonds is 4. The minimum atomic E-state index is -0.570. The number of carbonyl (C=O) groups excluding carboxylic acids is 1. The van der Waals surface area contributed by atoms with Crippen LogP contribution in [0.25, 0.3) is 6.08 Å². The Morgan fingerprint density at radius 2 is 1.96 bits per heavy atom. The molecule has 3 rings (SSSR count). The minimum Gasteiger partial charge on any atom is -0.497 e. The number of thiocarbonyl (C=S) groups is 1. The number of carbonyl (C=O) groups is 1. The fourth-order valence-electron chi connectivity index (χ4n) is 2.49. The molecular weight excluding hydrogens is 379 g/mol. The van der Waals surface area contributed by atoms with Crippen LogP contribution in [0, 0.1) is 5.82 Å². The Kier molecular flexibility index (Phi) is 5.11. The smallest absolute Gasteiger partial charge is 0.281 e. The zero-order valence-electron chi connectivity index (χ0n) is 13.9. The highest BCUT2D eigenvalue weighted by molar-refractivity contribution is 7.80. The molecule has 1 fully saturated rings. The second kappa shape index (κ2) is 7.31. The Morgan fingerprint density at radius 3 is 2.62 bits per heavy atom. The molecular formula is C18H14ClFN2O3S. The first-order valence-electron chi connectivity index (χ1n) is 7.49. The van der Waals surface area contributed by atoms with Gasteiger partial charge in [-0.1, -0.05) is 11.6 Å². The van der Waals surface area contributed by atoms with Crippen molar-refractivity contribution in [3.05, 3.63) is 58.5 Å². The summed E-state index contributed by atoms with van der Waals surface area (Å²) in [6, 6.07) is 9.19. The number of hydrogen-bond donors (Lipinski definition) is 1. The van der Waals surface area contributed by atoms with Gasteiger partial charge in [0.05, 0.1) is 24.9 Å². The van der Waals surface area contributed by atoms with E-state index in [0.29, 0.717) is 22.7 Å². The molecule has 0 spiro atoms. The lowest BCUT2D eigenvalue weighted by Gasteiger charge is -2.14. The SMILES string of the molecule is COc1ccc(/C=C2\NC(=S)N(c3ccc(F)c(Cl)c3)C2=O)c(OC)c1. The van der Waals surface area contributed by atoms with Crippen molar-refractivity contribution in [2.75, 3.05) is 19.1 Å². The van der Waals surface area contributed by atoms with Gasteiger partial charge in [-0.25, -0.2) is 4.39 Å². The summed E-state index contributed by atoms with van der Waals surface area (Å²) in [4.78, 5) is 14.0. The average molecular weight is 393 g/mol. The molecule has 1 amide bonds. The van der Waals surface area contributed by atoms with Crippen molar-refractivity contribution in [1.29, 1.82) is 0 Å². The summed E-state index contributed by atoms with van der Waals surface area (Å²) >= 11 is 11.0. The summed E-state index contributed by atoms with van der Waals surface area (Å²) in [6.45, 7) is 0. The number of methoxy groups -OCH3 is 2. The lowest BCUT2D eigenvalue weighted by Crippen LogP contribution is -2.30. The first-order valence-corrected chi connectivity index (χ1v) is 8.27. The highest BCUT2D eigenvalue weighted by Gasteiger charge is 2.32. The summed E-state index contributed by atoms with van der Waals surface area (Å²) in [5.41, 5.74) is 1.31. The predicted octanol–water partition coefficient (Wildman–Crippen LogP) is 3.76. The Balaban J connectivity index is 1.96. The van der Waals surface area contributed by atoms with Crippen LogP contribution in [-0.2, 0) is 4.79 Å². The van der Waals surface area contributed by atoms with Gasteiger partial charge < -0.3 is 14.8 Å². The maximum Gasteiger partial charge on any atom is 0.281 e. The minimum absolute atomic E-state index is 0.0904. The number of anilines is 1. The molecule has 1 N–H and O–H groups in total.